The van der Waals surface area contributed by atoms with Gasteiger partial charge in [-0.3, -0.25) is 9.59 Å². The van der Waals surface area contributed by atoms with E-state index in [2.05, 4.69) is 30.4 Å². The molecule has 0 aromatic heterocycles. The van der Waals surface area contributed by atoms with Crippen molar-refractivity contribution in [3.05, 3.63) is 65.7 Å². The van der Waals surface area contributed by atoms with Crippen molar-refractivity contribution in [2.45, 2.75) is 38.1 Å². The number of nitrogens with one attached hydrogen (secondary N) is 1. The first-order valence-corrected chi connectivity index (χ1v) is 9.86. The number of carbonyl (C=O) groups excluding carboxylic acids is 2. The van der Waals surface area contributed by atoms with Gasteiger partial charge in [-0.2, -0.15) is 0 Å². The molecule has 0 radical (unpaired) electrons. The van der Waals surface area contributed by atoms with Crippen LogP contribution in [0.25, 0.3) is 0 Å². The van der Waals surface area contributed by atoms with E-state index in [0.717, 1.165) is 29.7 Å². The SMILES string of the molecule is CC[C@]12C[C@@H]3C(=O)Nc4ccccc4[C@@]31CCN(Cc1ccccc1)C2=O. The van der Waals surface area contributed by atoms with Gasteiger partial charge < -0.3 is 10.2 Å². The first kappa shape index (κ1) is 16.5. The smallest absolute Gasteiger partial charge is 0.230 e. The first-order valence-electron chi connectivity index (χ1n) is 9.86. The molecule has 4 nitrogen and oxygen atoms in total. The highest BCUT2D eigenvalue weighted by atomic mass is 16.2. The Kier molecular flexibility index (Phi) is 3.48. The monoisotopic (exact) mass is 360 g/mol. The van der Waals surface area contributed by atoms with Crippen LogP contribution in [0.2, 0.25) is 0 Å². The van der Waals surface area contributed by atoms with Crippen LogP contribution in [-0.4, -0.2) is 23.3 Å². The van der Waals surface area contributed by atoms with Crippen LogP contribution in [0, 0.1) is 11.3 Å². The van der Waals surface area contributed by atoms with E-state index in [-0.39, 0.29) is 23.1 Å². The summed E-state index contributed by atoms with van der Waals surface area (Å²) in [5.74, 6) is 0.220. The summed E-state index contributed by atoms with van der Waals surface area (Å²) in [5, 5.41) is 3.06. The zero-order valence-electron chi connectivity index (χ0n) is 15.6. The Morgan fingerprint density at radius 1 is 1.07 bits per heavy atom. The Morgan fingerprint density at radius 2 is 1.81 bits per heavy atom. The Morgan fingerprint density at radius 3 is 2.59 bits per heavy atom. The van der Waals surface area contributed by atoms with Gasteiger partial charge in [0.05, 0.1) is 11.3 Å². The van der Waals surface area contributed by atoms with Crippen molar-refractivity contribution in [3.63, 3.8) is 0 Å². The molecule has 27 heavy (non-hydrogen) atoms. The van der Waals surface area contributed by atoms with Gasteiger partial charge in [0.15, 0.2) is 0 Å². The van der Waals surface area contributed by atoms with E-state index in [1.165, 1.54) is 0 Å². The third-order valence-electron chi connectivity index (χ3n) is 7.28. The number of hydrogen-bond donors (Lipinski definition) is 1. The van der Waals surface area contributed by atoms with Crippen molar-refractivity contribution < 1.29 is 9.59 Å². The molecule has 2 fully saturated rings. The van der Waals surface area contributed by atoms with Gasteiger partial charge in [-0.05, 0) is 36.5 Å². The molecule has 4 heteroatoms. The molecule has 1 saturated heterocycles. The van der Waals surface area contributed by atoms with Crippen LogP contribution < -0.4 is 5.32 Å². The fraction of sp³-hybridized carbons (Fsp3) is 0.391. The number of piperidine rings is 1. The van der Waals surface area contributed by atoms with Gasteiger partial charge in [-0.25, -0.2) is 0 Å². The normalized spacial score (nSPS) is 31.3. The molecule has 2 aromatic rings. The molecule has 2 heterocycles. The number of benzene rings is 2. The predicted octanol–water partition coefficient (Wildman–Crippen LogP) is 3.73. The summed E-state index contributed by atoms with van der Waals surface area (Å²) in [4.78, 5) is 28.5. The predicted molar refractivity (Wildman–Crippen MR) is 104 cm³/mol. The summed E-state index contributed by atoms with van der Waals surface area (Å²) in [6.45, 7) is 3.46. The van der Waals surface area contributed by atoms with E-state index in [4.69, 9.17) is 0 Å². The third-order valence-corrected chi connectivity index (χ3v) is 7.28. The highest BCUT2D eigenvalue weighted by Gasteiger charge is 2.74. The largest absolute Gasteiger partial charge is 0.338 e. The Hall–Kier alpha value is -2.62. The number of fused-ring (bicyclic) bond motifs is 1. The molecule has 1 aliphatic carbocycles. The molecule has 1 N–H and O–H groups in total. The van der Waals surface area contributed by atoms with Crippen molar-refractivity contribution in [3.8, 4) is 0 Å². The van der Waals surface area contributed by atoms with Gasteiger partial charge in [0, 0.05) is 24.2 Å². The summed E-state index contributed by atoms with van der Waals surface area (Å²) in [6.07, 6.45) is 2.29. The third kappa shape index (κ3) is 1.98. The van der Waals surface area contributed by atoms with Crippen LogP contribution in [0.4, 0.5) is 5.69 Å². The first-order chi connectivity index (χ1) is 13.1. The molecule has 2 aromatic carbocycles. The number of anilines is 1. The van der Waals surface area contributed by atoms with Crippen molar-refractivity contribution in [2.75, 3.05) is 11.9 Å². The zero-order valence-corrected chi connectivity index (χ0v) is 15.6. The standard InChI is InChI=1S/C23H24N2O2/c1-2-22-14-18-20(26)24-19-11-7-6-10-17(19)23(18,22)12-13-25(21(22)27)15-16-8-4-3-5-9-16/h3-11,18H,2,12-15H2,1H3,(H,24,26)/t18-,22-,23+/m1/s1. The van der Waals surface area contributed by atoms with Gasteiger partial charge >= 0.3 is 0 Å². The number of nitrogens with zero attached hydrogens (tertiary/aromatic N) is 1. The molecular weight excluding hydrogens is 336 g/mol. The van der Waals surface area contributed by atoms with E-state index in [9.17, 15) is 9.59 Å². The van der Waals surface area contributed by atoms with E-state index < -0.39 is 5.41 Å². The van der Waals surface area contributed by atoms with Gasteiger partial charge in [0.2, 0.25) is 11.8 Å². The van der Waals surface area contributed by atoms with Crippen LogP contribution in [-0.2, 0) is 21.5 Å². The summed E-state index contributed by atoms with van der Waals surface area (Å²) < 4.78 is 0. The minimum absolute atomic E-state index is 0.0853. The lowest BCUT2D eigenvalue weighted by Gasteiger charge is -2.68. The Labute approximate surface area is 159 Å². The molecule has 2 aliphatic heterocycles. The molecule has 2 amide bonds. The molecule has 5 rings (SSSR count). The molecule has 3 atom stereocenters. The lowest BCUT2D eigenvalue weighted by molar-refractivity contribution is -0.185. The molecule has 0 unspecified atom stereocenters. The number of amides is 2. The number of likely N-dealkylation sites (tertiary alicyclic amines) is 1. The second kappa shape index (κ2) is 5.69. The van der Waals surface area contributed by atoms with Gasteiger partial charge in [-0.15, -0.1) is 0 Å². The molecule has 138 valence electrons. The lowest BCUT2D eigenvalue weighted by Crippen LogP contribution is -2.74. The summed E-state index contributed by atoms with van der Waals surface area (Å²) in [5.41, 5.74) is 2.41. The van der Waals surface area contributed by atoms with Crippen molar-refractivity contribution in [1.82, 2.24) is 4.90 Å². The zero-order chi connectivity index (χ0) is 18.6. The van der Waals surface area contributed by atoms with Crippen LogP contribution in [0.5, 0.6) is 0 Å². The average Bonchev–Trinajstić information content (AvgIpc) is 2.67. The molecular formula is C23H24N2O2. The second-order valence-electron chi connectivity index (χ2n) is 8.16. The van der Waals surface area contributed by atoms with E-state index in [0.29, 0.717) is 19.5 Å². The Bertz CT molecular complexity index is 925. The number of carbonyl (C=O) groups is 2. The maximum Gasteiger partial charge on any atom is 0.230 e. The highest BCUT2D eigenvalue weighted by Crippen LogP contribution is 2.70. The minimum Gasteiger partial charge on any atom is -0.338 e. The second-order valence-corrected chi connectivity index (χ2v) is 8.16. The van der Waals surface area contributed by atoms with Crippen LogP contribution in [0.3, 0.4) is 0 Å². The number of rotatable bonds is 3. The van der Waals surface area contributed by atoms with Crippen molar-refractivity contribution in [2.24, 2.45) is 11.3 Å². The highest BCUT2D eigenvalue weighted by molar-refractivity contribution is 6.03. The molecule has 0 bridgehead atoms. The van der Waals surface area contributed by atoms with Crippen LogP contribution >= 0.6 is 0 Å². The topological polar surface area (TPSA) is 49.4 Å². The molecule has 1 saturated carbocycles. The average molecular weight is 360 g/mol. The van der Waals surface area contributed by atoms with Crippen molar-refractivity contribution in [1.29, 1.82) is 0 Å². The maximum atomic E-state index is 13.7. The number of hydrogen-bond acceptors (Lipinski definition) is 2. The van der Waals surface area contributed by atoms with E-state index in [1.54, 1.807) is 0 Å². The van der Waals surface area contributed by atoms with E-state index >= 15 is 0 Å². The maximum absolute atomic E-state index is 13.7. The minimum atomic E-state index is -0.460. The van der Waals surface area contributed by atoms with Crippen LogP contribution in [0.15, 0.2) is 54.6 Å². The summed E-state index contributed by atoms with van der Waals surface area (Å²) in [6, 6.07) is 18.2. The Balaban J connectivity index is 1.56. The summed E-state index contributed by atoms with van der Waals surface area (Å²) in [7, 11) is 0. The molecule has 1 spiro atoms. The van der Waals surface area contributed by atoms with Gasteiger partial charge in [-0.1, -0.05) is 55.5 Å². The van der Waals surface area contributed by atoms with Crippen LogP contribution in [0.1, 0.15) is 37.3 Å². The number of para-hydroxylation sites is 1. The fourth-order valence-corrected chi connectivity index (χ4v) is 5.98. The van der Waals surface area contributed by atoms with E-state index in [1.807, 2.05) is 41.3 Å². The van der Waals surface area contributed by atoms with Crippen molar-refractivity contribution >= 4 is 17.5 Å². The van der Waals surface area contributed by atoms with Gasteiger partial charge in [0.25, 0.3) is 0 Å². The fourth-order valence-electron chi connectivity index (χ4n) is 5.98. The summed E-state index contributed by atoms with van der Waals surface area (Å²) >= 11 is 0. The lowest BCUT2D eigenvalue weighted by atomic mass is 9.37. The quantitative estimate of drug-likeness (QED) is 0.907. The van der Waals surface area contributed by atoms with Gasteiger partial charge in [0.1, 0.15) is 0 Å². The molecule has 3 aliphatic rings.